The zero-order chi connectivity index (χ0) is 42.4. The minimum atomic E-state index is -3.16. The van der Waals surface area contributed by atoms with Gasteiger partial charge in [-0.2, -0.15) is 0 Å². The maximum Gasteiger partial charge on any atom is 0.364 e. The third-order valence-corrected chi connectivity index (χ3v) is 9.49. The summed E-state index contributed by atoms with van der Waals surface area (Å²) in [5.41, 5.74) is 0. The van der Waals surface area contributed by atoms with Gasteiger partial charge in [0, 0.05) is 20.3 Å². The molecule has 0 aromatic carbocycles. The number of aldehydes is 1. The molecule has 0 aliphatic carbocycles. The smallest absolute Gasteiger partial charge is 0.364 e. The fourth-order valence-electron chi connectivity index (χ4n) is 6.49. The van der Waals surface area contributed by atoms with E-state index in [9.17, 15) is 85.6 Å². The zero-order valence-electron chi connectivity index (χ0n) is 30.3. The highest BCUT2D eigenvalue weighted by molar-refractivity contribution is 5.78. The minimum absolute atomic E-state index is 0.0793. The Morgan fingerprint density at radius 1 is 0.821 bits per heavy atom. The van der Waals surface area contributed by atoms with Crippen molar-refractivity contribution >= 4 is 24.1 Å². The molecule has 3 saturated heterocycles. The predicted molar refractivity (Wildman–Crippen MR) is 174 cm³/mol. The Morgan fingerprint density at radius 2 is 1.41 bits per heavy atom. The van der Waals surface area contributed by atoms with Crippen LogP contribution in [0.1, 0.15) is 27.2 Å². The van der Waals surface area contributed by atoms with Crippen LogP contribution in [0.15, 0.2) is 0 Å². The largest absolute Gasteiger partial charge is 0.477 e. The molecule has 3 rings (SSSR count). The molecule has 3 fully saturated rings. The molecule has 3 aliphatic rings. The van der Waals surface area contributed by atoms with Gasteiger partial charge < -0.3 is 110 Å². The first kappa shape index (κ1) is 47.7. The molecule has 3 aliphatic heterocycles. The van der Waals surface area contributed by atoms with Crippen LogP contribution in [0.3, 0.4) is 0 Å². The number of ether oxygens (including phenoxy) is 6. The van der Waals surface area contributed by atoms with Crippen LogP contribution in [0.4, 0.5) is 0 Å². The number of carboxylic acids is 1. The molecular formula is C31H52N2O23. The van der Waals surface area contributed by atoms with E-state index in [-0.39, 0.29) is 6.29 Å². The number of rotatable bonds is 18. The van der Waals surface area contributed by atoms with Gasteiger partial charge in [-0.25, -0.2) is 4.79 Å². The Balaban J connectivity index is 2.06. The lowest BCUT2D eigenvalue weighted by Gasteiger charge is -2.50. The lowest BCUT2D eigenvalue weighted by Crippen LogP contribution is -2.70. The molecule has 2 amide bonds. The van der Waals surface area contributed by atoms with Crippen molar-refractivity contribution in [3.05, 3.63) is 0 Å². The van der Waals surface area contributed by atoms with Gasteiger partial charge in [0.1, 0.15) is 91.7 Å². The van der Waals surface area contributed by atoms with Gasteiger partial charge in [0.05, 0.1) is 38.1 Å². The molecule has 3 heterocycles. The fraction of sp³-hybridized carbons (Fsp3) is 0.871. The Hall–Kier alpha value is -2.64. The lowest BCUT2D eigenvalue weighted by atomic mass is 9.88. The van der Waals surface area contributed by atoms with Gasteiger partial charge in [-0.3, -0.25) is 9.59 Å². The molecule has 324 valence electrons. The van der Waals surface area contributed by atoms with Crippen molar-refractivity contribution in [2.75, 3.05) is 19.8 Å². The predicted octanol–water partition coefficient (Wildman–Crippen LogP) is -9.39. The standard InChI is InChI=1S/C31H52N2O23/c1-9-18(43)21(46)22(47)28(51-9)53-24(12(5-34)32-10(2)38)25(15(42)7-36)54-29-23(48)27(20(45)16(8-37)52-29)56-31(30(49)50)4-13(40)17(33-11(3)39)26(55-31)19(44)14(41)6-35/h5,9,12-29,35-37,40-48H,4,6-8H2,1-3H3,(H,32,38)(H,33,39)(H,49,50)/t9-,12-,13-,14+,15+,16+,17+,18+,19+,20-,21+,22-,23+,24+,25?,26+,27-,28-,29-,31-/m0/s1. The van der Waals surface area contributed by atoms with Gasteiger partial charge in [0.25, 0.3) is 5.79 Å². The van der Waals surface area contributed by atoms with E-state index in [1.54, 1.807) is 0 Å². The SMILES string of the molecule is CC(=O)N[C@H]1[C@H]([C@H](O)[C@H](O)CO)O[C@@](O[C@H]2[C@@H](O)[C@@H](CO)O[C@@H](OC([C@H](O)CO)[C@H](O[C@@H]3O[C@@H](C)[C@@H](O)[C@@H](O)[C@@H]3O)[C@H](C=O)NC(C)=O)[C@@H]2O)(C(=O)O)C[C@@H]1O. The zero-order valence-corrected chi connectivity index (χ0v) is 30.3. The van der Waals surface area contributed by atoms with Crippen LogP contribution in [0.5, 0.6) is 0 Å². The first-order valence-electron chi connectivity index (χ1n) is 17.3. The number of carbonyl (C=O) groups is 4. The van der Waals surface area contributed by atoms with E-state index in [1.165, 1.54) is 6.92 Å². The van der Waals surface area contributed by atoms with Gasteiger partial charge in [-0.15, -0.1) is 0 Å². The van der Waals surface area contributed by atoms with Gasteiger partial charge >= 0.3 is 5.97 Å². The van der Waals surface area contributed by atoms with Crippen molar-refractivity contribution < 1.29 is 114 Å². The number of nitrogens with one attached hydrogen (secondary N) is 2. The average molecular weight is 821 g/mol. The van der Waals surface area contributed by atoms with Crippen molar-refractivity contribution in [3.8, 4) is 0 Å². The summed E-state index contributed by atoms with van der Waals surface area (Å²) in [7, 11) is 0. The van der Waals surface area contributed by atoms with Crippen molar-refractivity contribution in [1.82, 2.24) is 10.6 Å². The van der Waals surface area contributed by atoms with E-state index >= 15 is 0 Å². The molecule has 0 bridgehead atoms. The van der Waals surface area contributed by atoms with Crippen LogP contribution in [0, 0.1) is 0 Å². The molecule has 20 atom stereocenters. The number of carbonyl (C=O) groups excluding carboxylic acids is 3. The summed E-state index contributed by atoms with van der Waals surface area (Å²) in [6, 6.07) is -3.47. The van der Waals surface area contributed by atoms with Crippen molar-refractivity contribution in [2.24, 2.45) is 0 Å². The summed E-state index contributed by atoms with van der Waals surface area (Å²) in [5.74, 6) is -6.89. The summed E-state index contributed by atoms with van der Waals surface area (Å²) in [6.45, 7) is -0.175. The van der Waals surface area contributed by atoms with E-state index in [2.05, 4.69) is 10.6 Å². The topological polar surface area (TPSA) is 411 Å². The van der Waals surface area contributed by atoms with Gasteiger partial charge in [-0.1, -0.05) is 0 Å². The monoisotopic (exact) mass is 820 g/mol. The number of hydrogen-bond acceptors (Lipinski definition) is 22. The van der Waals surface area contributed by atoms with Gasteiger partial charge in [-0.05, 0) is 6.92 Å². The quantitative estimate of drug-likeness (QED) is 0.0571. The number of amides is 2. The molecule has 0 aromatic rings. The number of aliphatic hydroxyl groups excluding tert-OH is 12. The van der Waals surface area contributed by atoms with Crippen LogP contribution in [-0.4, -0.2) is 232 Å². The molecule has 25 heteroatoms. The highest BCUT2D eigenvalue weighted by Gasteiger charge is 2.60. The van der Waals surface area contributed by atoms with Crippen LogP contribution in [0.25, 0.3) is 0 Å². The van der Waals surface area contributed by atoms with Crippen LogP contribution < -0.4 is 10.6 Å². The van der Waals surface area contributed by atoms with Crippen molar-refractivity contribution in [1.29, 1.82) is 0 Å². The van der Waals surface area contributed by atoms with Crippen molar-refractivity contribution in [2.45, 2.75) is 149 Å². The third kappa shape index (κ3) is 10.7. The summed E-state index contributed by atoms with van der Waals surface area (Å²) in [6.07, 6.45) is -35.3. The van der Waals surface area contributed by atoms with Crippen LogP contribution in [0.2, 0.25) is 0 Å². The van der Waals surface area contributed by atoms with Gasteiger partial charge in [0.2, 0.25) is 11.8 Å². The fourth-order valence-corrected chi connectivity index (χ4v) is 6.49. The maximum atomic E-state index is 12.8. The Kier molecular flexibility index (Phi) is 17.4. The number of hydrogen-bond donors (Lipinski definition) is 15. The molecule has 0 aromatic heterocycles. The number of carboxylic acid groups (broad SMARTS) is 1. The maximum absolute atomic E-state index is 12.8. The van der Waals surface area contributed by atoms with E-state index in [1.807, 2.05) is 0 Å². The molecular weight excluding hydrogens is 768 g/mol. The summed E-state index contributed by atoms with van der Waals surface area (Å²) in [4.78, 5) is 49.1. The number of aliphatic hydroxyl groups is 12. The van der Waals surface area contributed by atoms with Crippen LogP contribution in [-0.2, 0) is 47.6 Å². The second-order valence-electron chi connectivity index (χ2n) is 13.7. The summed E-state index contributed by atoms with van der Waals surface area (Å²) < 4.78 is 33.5. The molecule has 0 radical (unpaired) electrons. The highest BCUT2D eigenvalue weighted by atomic mass is 16.8. The first-order valence-corrected chi connectivity index (χ1v) is 17.3. The van der Waals surface area contributed by atoms with Crippen molar-refractivity contribution in [3.63, 3.8) is 0 Å². The summed E-state index contributed by atoms with van der Waals surface area (Å²) in [5, 5.41) is 141. The molecule has 56 heavy (non-hydrogen) atoms. The third-order valence-electron chi connectivity index (χ3n) is 9.49. The Labute approximate surface area is 317 Å². The second-order valence-corrected chi connectivity index (χ2v) is 13.7. The minimum Gasteiger partial charge on any atom is -0.477 e. The molecule has 0 spiro atoms. The Bertz CT molecular complexity index is 1320. The molecule has 0 saturated carbocycles. The number of aliphatic carboxylic acids is 1. The first-order chi connectivity index (χ1) is 26.2. The summed E-state index contributed by atoms with van der Waals surface area (Å²) >= 11 is 0. The molecule has 1 unspecified atom stereocenters. The van der Waals surface area contributed by atoms with E-state index in [0.29, 0.717) is 0 Å². The molecule has 25 nitrogen and oxygen atoms in total. The average Bonchev–Trinajstić information content (AvgIpc) is 3.15. The second kappa shape index (κ2) is 20.4. The highest BCUT2D eigenvalue weighted by Crippen LogP contribution is 2.38. The van der Waals surface area contributed by atoms with E-state index in [4.69, 9.17) is 28.4 Å². The normalized spacial score (nSPS) is 39.7. The molecule has 15 N–H and O–H groups in total. The van der Waals surface area contributed by atoms with Gasteiger partial charge in [0.15, 0.2) is 12.6 Å². The van der Waals surface area contributed by atoms with E-state index in [0.717, 1.165) is 13.8 Å². The van der Waals surface area contributed by atoms with E-state index < -0.39 is 166 Å². The Morgan fingerprint density at radius 3 is 1.93 bits per heavy atom. The van der Waals surface area contributed by atoms with Crippen LogP contribution >= 0.6 is 0 Å². The lowest BCUT2D eigenvalue weighted by molar-refractivity contribution is -0.380.